The molecule has 1 aromatic carbocycles. The van der Waals surface area contributed by atoms with Crippen molar-refractivity contribution in [2.75, 3.05) is 0 Å². The van der Waals surface area contributed by atoms with Crippen LogP contribution in [0.15, 0.2) is 24.3 Å². The molecule has 4 rings (SSSR count). The lowest BCUT2D eigenvalue weighted by Gasteiger charge is -2.35. The lowest BCUT2D eigenvalue weighted by Crippen LogP contribution is -2.56. The Morgan fingerprint density at radius 2 is 1.81 bits per heavy atom. The summed E-state index contributed by atoms with van der Waals surface area (Å²) in [7, 11) is 0. The second-order valence-corrected chi connectivity index (χ2v) is 8.02. The summed E-state index contributed by atoms with van der Waals surface area (Å²) in [6.07, 6.45) is 5.45. The number of carboxylic acid groups (broad SMARTS) is 1. The van der Waals surface area contributed by atoms with Gasteiger partial charge in [0.1, 0.15) is 11.3 Å². The minimum absolute atomic E-state index is 0.0141. The van der Waals surface area contributed by atoms with Gasteiger partial charge in [-0.25, -0.2) is 0 Å². The zero-order valence-corrected chi connectivity index (χ0v) is 15.0. The van der Waals surface area contributed by atoms with E-state index in [1.54, 1.807) is 18.2 Å². The Hall–Kier alpha value is -2.41. The van der Waals surface area contributed by atoms with Crippen molar-refractivity contribution in [3.8, 4) is 5.75 Å². The number of aliphatic carboxylic acids is 1. The van der Waals surface area contributed by atoms with Gasteiger partial charge < -0.3 is 10.2 Å². The van der Waals surface area contributed by atoms with Crippen molar-refractivity contribution in [2.24, 2.45) is 17.8 Å². The number of phenols is 1. The van der Waals surface area contributed by atoms with E-state index in [1.807, 2.05) is 0 Å². The van der Waals surface area contributed by atoms with Gasteiger partial charge in [0.25, 0.3) is 0 Å². The number of nitrogens with one attached hydrogen (secondary N) is 2. The van der Waals surface area contributed by atoms with Gasteiger partial charge in [0.2, 0.25) is 11.8 Å². The molecule has 2 saturated heterocycles. The summed E-state index contributed by atoms with van der Waals surface area (Å²) in [6.45, 7) is 0. The summed E-state index contributed by atoms with van der Waals surface area (Å²) in [4.78, 5) is 37.5. The highest BCUT2D eigenvalue weighted by molar-refractivity contribution is 6.09. The number of rotatable bonds is 4. The van der Waals surface area contributed by atoms with Crippen molar-refractivity contribution in [3.63, 3.8) is 0 Å². The molecule has 3 aliphatic rings. The maximum absolute atomic E-state index is 12.6. The third-order valence-corrected chi connectivity index (χ3v) is 6.48. The number of fused-ring (bicyclic) bond motifs is 1. The van der Waals surface area contributed by atoms with Crippen LogP contribution in [0.4, 0.5) is 0 Å². The van der Waals surface area contributed by atoms with Crippen LogP contribution in [0, 0.1) is 17.8 Å². The van der Waals surface area contributed by atoms with Crippen molar-refractivity contribution in [2.45, 2.75) is 50.1 Å². The Kier molecular flexibility index (Phi) is 4.42. The summed E-state index contributed by atoms with van der Waals surface area (Å²) >= 11 is 0. The molecule has 0 bridgehead atoms. The number of imide groups is 1. The number of carbonyl (C=O) groups excluding carboxylic acids is 2. The van der Waals surface area contributed by atoms with Crippen molar-refractivity contribution in [1.29, 1.82) is 0 Å². The Morgan fingerprint density at radius 1 is 1.11 bits per heavy atom. The van der Waals surface area contributed by atoms with Gasteiger partial charge in [-0.05, 0) is 18.4 Å². The molecule has 4 N–H and O–H groups in total. The first kappa shape index (κ1) is 18.0. The van der Waals surface area contributed by atoms with Crippen molar-refractivity contribution in [1.82, 2.24) is 10.6 Å². The molecule has 1 saturated carbocycles. The molecule has 1 aromatic rings. The topological polar surface area (TPSA) is 116 Å². The van der Waals surface area contributed by atoms with E-state index in [9.17, 15) is 24.6 Å². The summed E-state index contributed by atoms with van der Waals surface area (Å²) in [6, 6.07) is 5.84. The van der Waals surface area contributed by atoms with E-state index >= 15 is 0 Å². The van der Waals surface area contributed by atoms with Gasteiger partial charge in [-0.1, -0.05) is 50.3 Å². The predicted octanol–water partition coefficient (Wildman–Crippen LogP) is 1.72. The van der Waals surface area contributed by atoms with E-state index in [0.29, 0.717) is 12.0 Å². The van der Waals surface area contributed by atoms with Gasteiger partial charge in [0, 0.05) is 11.6 Å². The van der Waals surface area contributed by atoms with Gasteiger partial charge >= 0.3 is 5.97 Å². The molecule has 7 nitrogen and oxygen atoms in total. The van der Waals surface area contributed by atoms with Crippen LogP contribution < -0.4 is 10.6 Å². The first-order valence-corrected chi connectivity index (χ1v) is 9.58. The molecule has 1 aliphatic carbocycles. The molecule has 27 heavy (non-hydrogen) atoms. The highest BCUT2D eigenvalue weighted by Crippen LogP contribution is 2.50. The molecule has 4 unspecified atom stereocenters. The van der Waals surface area contributed by atoms with Crippen molar-refractivity contribution >= 4 is 17.8 Å². The average molecular weight is 372 g/mol. The number of para-hydroxylation sites is 1. The number of hydrogen-bond acceptors (Lipinski definition) is 5. The average Bonchev–Trinajstić information content (AvgIpc) is 3.14. The minimum Gasteiger partial charge on any atom is -0.508 e. The zero-order valence-electron chi connectivity index (χ0n) is 15.0. The van der Waals surface area contributed by atoms with Gasteiger partial charge in [-0.15, -0.1) is 0 Å². The lowest BCUT2D eigenvalue weighted by molar-refractivity contribution is -0.150. The summed E-state index contributed by atoms with van der Waals surface area (Å²) in [5, 5.41) is 25.9. The SMILES string of the molecule is O=C1NC(=O)C2C1C(c1ccccc1O)NC2(CC1CCCCC1)C(=O)O. The molecule has 4 atom stereocenters. The number of phenolic OH excluding ortho intramolecular Hbond substituents is 1. The van der Waals surface area contributed by atoms with Crippen LogP contribution in [0.2, 0.25) is 0 Å². The summed E-state index contributed by atoms with van der Waals surface area (Å²) in [5.74, 6) is -3.74. The van der Waals surface area contributed by atoms with Gasteiger partial charge in [-0.2, -0.15) is 0 Å². The molecule has 3 fully saturated rings. The van der Waals surface area contributed by atoms with E-state index in [0.717, 1.165) is 32.1 Å². The number of benzene rings is 1. The van der Waals surface area contributed by atoms with Crippen LogP contribution in [0.5, 0.6) is 5.75 Å². The van der Waals surface area contributed by atoms with Gasteiger partial charge in [0.05, 0.1) is 11.8 Å². The third kappa shape index (κ3) is 2.81. The van der Waals surface area contributed by atoms with E-state index in [-0.39, 0.29) is 11.7 Å². The molecule has 0 aromatic heterocycles. The number of hydrogen-bond donors (Lipinski definition) is 4. The largest absolute Gasteiger partial charge is 0.508 e. The summed E-state index contributed by atoms with van der Waals surface area (Å²) in [5.41, 5.74) is -1.06. The predicted molar refractivity (Wildman–Crippen MR) is 95.7 cm³/mol. The Balaban J connectivity index is 1.76. The number of carbonyl (C=O) groups is 3. The van der Waals surface area contributed by atoms with Crippen LogP contribution in [-0.2, 0) is 14.4 Å². The molecule has 0 radical (unpaired) electrons. The minimum atomic E-state index is -1.50. The van der Waals surface area contributed by atoms with E-state index in [2.05, 4.69) is 10.6 Å². The normalized spacial score (nSPS) is 33.7. The fraction of sp³-hybridized carbons (Fsp3) is 0.550. The van der Waals surface area contributed by atoms with Crippen LogP contribution in [0.25, 0.3) is 0 Å². The standard InChI is InChI=1S/C20H24N2O5/c23-13-9-5-4-8-12(13)16-14-15(18(25)21-17(14)24)20(22-16,19(26)27)10-11-6-2-1-3-7-11/h4-5,8-9,11,14-16,22-23H,1-3,6-7,10H2,(H,26,27)(H,21,24,25). The molecule has 2 amide bonds. The second-order valence-electron chi connectivity index (χ2n) is 8.02. The number of amides is 2. The van der Waals surface area contributed by atoms with Gasteiger partial charge in [0.15, 0.2) is 0 Å². The fourth-order valence-corrected chi connectivity index (χ4v) is 5.26. The zero-order chi connectivity index (χ0) is 19.2. The monoisotopic (exact) mass is 372 g/mol. The van der Waals surface area contributed by atoms with Crippen LogP contribution in [0.3, 0.4) is 0 Å². The van der Waals surface area contributed by atoms with E-state index < -0.39 is 41.2 Å². The highest BCUT2D eigenvalue weighted by atomic mass is 16.4. The van der Waals surface area contributed by atoms with Gasteiger partial charge in [-0.3, -0.25) is 25.0 Å². The van der Waals surface area contributed by atoms with E-state index in [4.69, 9.17) is 0 Å². The maximum Gasteiger partial charge on any atom is 0.324 e. The van der Waals surface area contributed by atoms with Crippen LogP contribution >= 0.6 is 0 Å². The van der Waals surface area contributed by atoms with Crippen molar-refractivity contribution < 1.29 is 24.6 Å². The second kappa shape index (κ2) is 6.64. The quantitative estimate of drug-likeness (QED) is 0.598. The highest BCUT2D eigenvalue weighted by Gasteiger charge is 2.66. The molecule has 7 heteroatoms. The van der Waals surface area contributed by atoms with Crippen molar-refractivity contribution in [3.05, 3.63) is 29.8 Å². The first-order chi connectivity index (χ1) is 12.9. The lowest BCUT2D eigenvalue weighted by atomic mass is 9.72. The van der Waals surface area contributed by atoms with Crippen LogP contribution in [-0.4, -0.2) is 33.5 Å². The maximum atomic E-state index is 12.6. The molecule has 144 valence electrons. The fourth-order valence-electron chi connectivity index (χ4n) is 5.26. The number of carboxylic acids is 1. The Morgan fingerprint density at radius 3 is 2.48 bits per heavy atom. The first-order valence-electron chi connectivity index (χ1n) is 9.58. The Bertz CT molecular complexity index is 788. The van der Waals surface area contributed by atoms with Crippen LogP contribution in [0.1, 0.15) is 50.1 Å². The molecule has 2 aliphatic heterocycles. The Labute approximate surface area is 157 Å². The smallest absolute Gasteiger partial charge is 0.324 e. The van der Waals surface area contributed by atoms with E-state index in [1.165, 1.54) is 6.07 Å². The summed E-state index contributed by atoms with van der Waals surface area (Å²) < 4.78 is 0. The molecule has 2 heterocycles. The molecule has 0 spiro atoms. The third-order valence-electron chi connectivity index (χ3n) is 6.48. The molecular formula is C20H24N2O5. The number of aromatic hydroxyl groups is 1. The molecular weight excluding hydrogens is 348 g/mol.